The van der Waals surface area contributed by atoms with E-state index in [4.69, 9.17) is 19.2 Å². The molecule has 2 aliphatic rings. The van der Waals surface area contributed by atoms with E-state index in [2.05, 4.69) is 29.1 Å². The van der Waals surface area contributed by atoms with Crippen molar-refractivity contribution in [3.63, 3.8) is 0 Å². The number of nitrogens with one attached hydrogen (secondary N) is 1. The molecule has 2 aromatic rings. The van der Waals surface area contributed by atoms with E-state index in [1.54, 1.807) is 14.2 Å². The Balaban J connectivity index is 1.62. The number of hydrogen-bond acceptors (Lipinski definition) is 6. The summed E-state index contributed by atoms with van der Waals surface area (Å²) in [5.74, 6) is 0.0691. The fourth-order valence-corrected chi connectivity index (χ4v) is 4.41. The van der Waals surface area contributed by atoms with Crippen molar-refractivity contribution in [3.8, 4) is 0 Å². The fraction of sp³-hybridized carbons (Fsp3) is 0.652. The molecule has 170 valence electrons. The molecular formula is C23H34N4O4. The predicted molar refractivity (Wildman–Crippen MR) is 118 cm³/mol. The number of pyridine rings is 1. The van der Waals surface area contributed by atoms with Gasteiger partial charge in [-0.2, -0.15) is 0 Å². The molecule has 2 aromatic heterocycles. The lowest BCUT2D eigenvalue weighted by atomic mass is 10.1. The molecule has 3 heterocycles. The Hall–Kier alpha value is -2.00. The number of amides is 1. The summed E-state index contributed by atoms with van der Waals surface area (Å²) >= 11 is 0. The van der Waals surface area contributed by atoms with Gasteiger partial charge in [0.2, 0.25) is 0 Å². The van der Waals surface area contributed by atoms with Gasteiger partial charge in [0.15, 0.2) is 0 Å². The smallest absolute Gasteiger partial charge is 0.253 e. The van der Waals surface area contributed by atoms with Crippen molar-refractivity contribution in [1.82, 2.24) is 19.8 Å². The zero-order chi connectivity index (χ0) is 21.8. The van der Waals surface area contributed by atoms with Gasteiger partial charge in [-0.25, -0.2) is 0 Å². The molecule has 0 spiro atoms. The van der Waals surface area contributed by atoms with Crippen LogP contribution >= 0.6 is 0 Å². The van der Waals surface area contributed by atoms with Crippen LogP contribution in [0.25, 0.3) is 10.9 Å². The number of methoxy groups -OCH3 is 2. The van der Waals surface area contributed by atoms with Crippen LogP contribution in [0.2, 0.25) is 0 Å². The first-order valence-electron chi connectivity index (χ1n) is 11.2. The van der Waals surface area contributed by atoms with Gasteiger partial charge in [0.1, 0.15) is 6.10 Å². The van der Waals surface area contributed by atoms with Gasteiger partial charge in [-0.3, -0.25) is 9.78 Å². The predicted octanol–water partition coefficient (Wildman–Crippen LogP) is 2.26. The maximum atomic E-state index is 13.3. The van der Waals surface area contributed by atoms with Gasteiger partial charge in [0.05, 0.1) is 30.5 Å². The van der Waals surface area contributed by atoms with Crippen LogP contribution in [0.3, 0.4) is 0 Å². The van der Waals surface area contributed by atoms with Gasteiger partial charge < -0.3 is 29.0 Å². The summed E-state index contributed by atoms with van der Waals surface area (Å²) in [6.07, 6.45) is 6.68. The highest BCUT2D eigenvalue weighted by molar-refractivity contribution is 5.84. The normalized spacial score (nSPS) is 20.2. The first-order valence-corrected chi connectivity index (χ1v) is 11.2. The number of aromatic nitrogens is 2. The van der Waals surface area contributed by atoms with Gasteiger partial charge >= 0.3 is 0 Å². The second kappa shape index (κ2) is 10.1. The largest absolute Gasteiger partial charge is 0.385 e. The number of nitrogens with zero attached hydrogens (tertiary/aromatic N) is 3. The first kappa shape index (κ1) is 22.2. The molecule has 8 nitrogen and oxygen atoms in total. The number of carbonyl (C=O) groups is 1. The molecule has 2 atom stereocenters. The van der Waals surface area contributed by atoms with E-state index in [1.807, 2.05) is 11.1 Å². The molecule has 0 bridgehead atoms. The summed E-state index contributed by atoms with van der Waals surface area (Å²) in [6.45, 7) is 6.14. The lowest BCUT2D eigenvalue weighted by Gasteiger charge is -2.34. The highest BCUT2D eigenvalue weighted by Gasteiger charge is 2.40. The summed E-state index contributed by atoms with van der Waals surface area (Å²) in [5, 5.41) is 4.36. The second-order valence-electron chi connectivity index (χ2n) is 8.47. The summed E-state index contributed by atoms with van der Waals surface area (Å²) in [7, 11) is 3.43. The SMILES string of the molecule is COCCCn1cc(COC)c2cnc([C@@H](C)N(C(=O)[C@H]3CNCCO3)C3CC3)cc21. The summed E-state index contributed by atoms with van der Waals surface area (Å²) in [6, 6.07) is 2.31. The molecule has 2 fully saturated rings. The third-order valence-electron chi connectivity index (χ3n) is 6.16. The lowest BCUT2D eigenvalue weighted by molar-refractivity contribution is -0.148. The van der Waals surface area contributed by atoms with Crippen LogP contribution < -0.4 is 5.32 Å². The number of rotatable bonds is 10. The van der Waals surface area contributed by atoms with Gasteiger partial charge in [0, 0.05) is 69.8 Å². The van der Waals surface area contributed by atoms with E-state index < -0.39 is 6.10 Å². The van der Waals surface area contributed by atoms with Crippen molar-refractivity contribution in [2.45, 2.75) is 57.5 Å². The molecule has 31 heavy (non-hydrogen) atoms. The number of aryl methyl sites for hydroxylation is 1. The first-order chi connectivity index (χ1) is 15.1. The molecule has 0 unspecified atom stereocenters. The van der Waals surface area contributed by atoms with Gasteiger partial charge in [-0.05, 0) is 32.3 Å². The number of carbonyl (C=O) groups excluding carboxylic acids is 1. The maximum absolute atomic E-state index is 13.3. The number of ether oxygens (including phenoxy) is 3. The highest BCUT2D eigenvalue weighted by atomic mass is 16.5. The van der Waals surface area contributed by atoms with E-state index in [-0.39, 0.29) is 18.0 Å². The second-order valence-corrected chi connectivity index (χ2v) is 8.47. The Kier molecular flexibility index (Phi) is 7.22. The van der Waals surface area contributed by atoms with Crippen molar-refractivity contribution in [2.24, 2.45) is 0 Å². The third kappa shape index (κ3) is 4.92. The minimum atomic E-state index is -0.410. The van der Waals surface area contributed by atoms with Crippen molar-refractivity contribution in [3.05, 3.63) is 29.7 Å². The molecule has 8 heteroatoms. The van der Waals surface area contributed by atoms with Crippen LogP contribution in [0.5, 0.6) is 0 Å². The average molecular weight is 431 g/mol. The minimum absolute atomic E-state index is 0.0691. The van der Waals surface area contributed by atoms with Crippen molar-refractivity contribution in [2.75, 3.05) is 40.5 Å². The summed E-state index contributed by atoms with van der Waals surface area (Å²) in [4.78, 5) is 20.1. The Morgan fingerprint density at radius 1 is 1.39 bits per heavy atom. The molecule has 1 saturated carbocycles. The van der Waals surface area contributed by atoms with Crippen LogP contribution in [0.1, 0.15) is 43.5 Å². The van der Waals surface area contributed by atoms with Crippen LogP contribution in [0, 0.1) is 0 Å². The zero-order valence-electron chi connectivity index (χ0n) is 18.8. The van der Waals surface area contributed by atoms with E-state index in [0.717, 1.165) is 54.5 Å². The zero-order valence-corrected chi connectivity index (χ0v) is 18.8. The molecule has 1 aliphatic carbocycles. The molecule has 1 amide bonds. The lowest BCUT2D eigenvalue weighted by Crippen LogP contribution is -2.50. The average Bonchev–Trinajstić information content (AvgIpc) is 3.57. The van der Waals surface area contributed by atoms with Crippen molar-refractivity contribution < 1.29 is 19.0 Å². The van der Waals surface area contributed by atoms with E-state index in [9.17, 15) is 4.79 Å². The Morgan fingerprint density at radius 3 is 2.90 bits per heavy atom. The Morgan fingerprint density at radius 2 is 2.23 bits per heavy atom. The quantitative estimate of drug-likeness (QED) is 0.583. The topological polar surface area (TPSA) is 77.9 Å². The molecule has 4 rings (SSSR count). The molecule has 0 radical (unpaired) electrons. The summed E-state index contributed by atoms with van der Waals surface area (Å²) in [5.41, 5.74) is 3.16. The number of fused-ring (bicyclic) bond motifs is 1. The maximum Gasteiger partial charge on any atom is 0.253 e. The van der Waals surface area contributed by atoms with Crippen LogP contribution in [0.4, 0.5) is 0 Å². The Labute approximate surface area is 183 Å². The monoisotopic (exact) mass is 430 g/mol. The van der Waals surface area contributed by atoms with Crippen LogP contribution in [-0.4, -0.2) is 73.0 Å². The summed E-state index contributed by atoms with van der Waals surface area (Å²) < 4.78 is 18.6. The fourth-order valence-electron chi connectivity index (χ4n) is 4.41. The standard InChI is InChI=1S/C23H34N4O4/c1-16(27(18-5-6-18)23(28)22-13-24-7-10-31-22)20-11-21-19(12-25-20)17(15-30-3)14-26(21)8-4-9-29-2/h11-12,14,16,18,22,24H,4-10,13,15H2,1-3H3/t16-,22-/m1/s1. The molecular weight excluding hydrogens is 396 g/mol. The van der Waals surface area contributed by atoms with Gasteiger partial charge in [-0.15, -0.1) is 0 Å². The van der Waals surface area contributed by atoms with E-state index >= 15 is 0 Å². The minimum Gasteiger partial charge on any atom is -0.385 e. The molecule has 0 aromatic carbocycles. The molecule has 1 aliphatic heterocycles. The number of morpholine rings is 1. The highest BCUT2D eigenvalue weighted by Crippen LogP contribution is 2.36. The van der Waals surface area contributed by atoms with E-state index in [1.165, 1.54) is 0 Å². The van der Waals surface area contributed by atoms with Crippen molar-refractivity contribution >= 4 is 16.8 Å². The third-order valence-corrected chi connectivity index (χ3v) is 6.16. The van der Waals surface area contributed by atoms with Crippen LogP contribution in [0.15, 0.2) is 18.5 Å². The van der Waals surface area contributed by atoms with Crippen molar-refractivity contribution in [1.29, 1.82) is 0 Å². The van der Waals surface area contributed by atoms with E-state index in [0.29, 0.717) is 26.4 Å². The number of hydrogen-bond donors (Lipinski definition) is 1. The Bertz CT molecular complexity index is 889. The molecule has 1 N–H and O–H groups in total. The van der Waals surface area contributed by atoms with Crippen LogP contribution in [-0.2, 0) is 32.2 Å². The van der Waals surface area contributed by atoms with Gasteiger partial charge in [0.25, 0.3) is 5.91 Å². The molecule has 1 saturated heterocycles. The van der Waals surface area contributed by atoms with Gasteiger partial charge in [-0.1, -0.05) is 0 Å².